The Morgan fingerprint density at radius 3 is 2.62 bits per heavy atom. The van der Waals surface area contributed by atoms with Crippen molar-refractivity contribution in [3.8, 4) is 5.75 Å². The Bertz CT molecular complexity index is 645. The number of thioether (sulfide) groups is 1. The van der Waals surface area contributed by atoms with Gasteiger partial charge < -0.3 is 15.5 Å². The number of imide groups is 1. The minimum atomic E-state index is -1.33. The third-order valence-corrected chi connectivity index (χ3v) is 3.63. The van der Waals surface area contributed by atoms with E-state index in [1.807, 2.05) is 0 Å². The van der Waals surface area contributed by atoms with Crippen LogP contribution in [0, 0.1) is 0 Å². The van der Waals surface area contributed by atoms with Crippen molar-refractivity contribution in [3.63, 3.8) is 0 Å². The lowest BCUT2D eigenvalue weighted by molar-refractivity contribution is -0.122. The van der Waals surface area contributed by atoms with E-state index in [4.69, 9.17) is 5.11 Å². The molecule has 0 aromatic heterocycles. The van der Waals surface area contributed by atoms with Gasteiger partial charge in [0.1, 0.15) is 16.6 Å². The Hall–Kier alpha value is -2.55. The van der Waals surface area contributed by atoms with E-state index in [1.165, 1.54) is 6.07 Å². The number of benzene rings is 1. The fourth-order valence-corrected chi connectivity index (χ4v) is 2.51. The number of phenols is 1. The van der Waals surface area contributed by atoms with E-state index in [0.717, 1.165) is 23.9 Å². The fourth-order valence-electron chi connectivity index (χ4n) is 1.69. The second kappa shape index (κ2) is 5.83. The second-order valence-electron chi connectivity index (χ2n) is 4.17. The summed E-state index contributed by atoms with van der Waals surface area (Å²) in [5, 5.41) is 21.4. The molecule has 8 nitrogen and oxygen atoms in total. The maximum absolute atomic E-state index is 11.8. The highest BCUT2D eigenvalue weighted by atomic mass is 32.2. The van der Waals surface area contributed by atoms with Crippen molar-refractivity contribution in [3.05, 3.63) is 23.8 Å². The summed E-state index contributed by atoms with van der Waals surface area (Å²) >= 11 is 0.729. The molecule has 0 spiro atoms. The number of carbonyl (C=O) groups excluding carboxylic acids is 3. The molecule has 1 atom stereocenters. The molecule has 1 aliphatic rings. The third-order valence-electron chi connectivity index (χ3n) is 2.65. The van der Waals surface area contributed by atoms with Gasteiger partial charge >= 0.3 is 5.97 Å². The van der Waals surface area contributed by atoms with Crippen LogP contribution in [0.1, 0.15) is 16.8 Å². The van der Waals surface area contributed by atoms with E-state index in [0.29, 0.717) is 0 Å². The molecule has 4 N–H and O–H groups in total. The van der Waals surface area contributed by atoms with Crippen LogP contribution in [0.4, 0.5) is 10.5 Å². The molecule has 0 unspecified atom stereocenters. The van der Waals surface area contributed by atoms with Gasteiger partial charge in [-0.25, -0.2) is 4.79 Å². The van der Waals surface area contributed by atoms with E-state index in [2.05, 4.69) is 10.6 Å². The minimum Gasteiger partial charge on any atom is -0.507 e. The number of hydrogen-bond donors (Lipinski definition) is 4. The summed E-state index contributed by atoms with van der Waals surface area (Å²) in [6, 6.07) is 3.56. The van der Waals surface area contributed by atoms with Crippen LogP contribution in [-0.2, 0) is 9.59 Å². The van der Waals surface area contributed by atoms with Crippen molar-refractivity contribution in [1.82, 2.24) is 5.32 Å². The van der Waals surface area contributed by atoms with Crippen LogP contribution in [0.5, 0.6) is 5.75 Å². The number of aromatic hydroxyl groups is 1. The average Bonchev–Trinajstić information content (AvgIpc) is 2.69. The number of nitrogens with one attached hydrogen (secondary N) is 2. The molecule has 1 saturated heterocycles. The van der Waals surface area contributed by atoms with Gasteiger partial charge in [0.25, 0.3) is 5.24 Å². The number of amides is 3. The first-order valence-corrected chi connectivity index (χ1v) is 6.62. The van der Waals surface area contributed by atoms with Crippen LogP contribution >= 0.6 is 11.8 Å². The Balaban J connectivity index is 2.03. The Morgan fingerprint density at radius 2 is 2.05 bits per heavy atom. The first-order chi connectivity index (χ1) is 9.86. The number of carbonyl (C=O) groups is 4. The van der Waals surface area contributed by atoms with Crippen LogP contribution in [0.15, 0.2) is 18.2 Å². The molecule has 1 aromatic carbocycles. The summed E-state index contributed by atoms with van der Waals surface area (Å²) in [6.07, 6.45) is -0.217. The first kappa shape index (κ1) is 14.9. The molecule has 1 heterocycles. The quantitative estimate of drug-likeness (QED) is 0.604. The molecule has 1 aromatic rings. The number of aromatic carboxylic acids is 1. The van der Waals surface area contributed by atoms with Gasteiger partial charge in [0.05, 0.1) is 0 Å². The Morgan fingerprint density at radius 1 is 1.33 bits per heavy atom. The van der Waals surface area contributed by atoms with Crippen LogP contribution in [0.3, 0.4) is 0 Å². The molecule has 0 saturated carbocycles. The number of carboxylic acids is 1. The molecule has 1 aliphatic heterocycles. The summed E-state index contributed by atoms with van der Waals surface area (Å²) in [6.45, 7) is 0. The van der Waals surface area contributed by atoms with Crippen LogP contribution < -0.4 is 10.6 Å². The van der Waals surface area contributed by atoms with E-state index >= 15 is 0 Å². The van der Waals surface area contributed by atoms with E-state index < -0.39 is 34.0 Å². The summed E-state index contributed by atoms with van der Waals surface area (Å²) in [4.78, 5) is 44.9. The van der Waals surface area contributed by atoms with Gasteiger partial charge in [-0.2, -0.15) is 0 Å². The van der Waals surface area contributed by atoms with Crippen LogP contribution in [0.2, 0.25) is 0 Å². The number of carboxylic acid groups (broad SMARTS) is 1. The lowest BCUT2D eigenvalue weighted by Gasteiger charge is -2.08. The standard InChI is InChI=1S/C12H10N2O6S/c15-7-2-1-5(3-6(7)11(18)19)13-9(16)4-8-10(17)14-12(20)21-8/h1-3,8,15H,4H2,(H,13,16)(H,18,19)(H,14,17,20)/t8-/m1/s1. The Kier molecular flexibility index (Phi) is 4.13. The number of rotatable bonds is 4. The lowest BCUT2D eigenvalue weighted by Crippen LogP contribution is -2.27. The largest absolute Gasteiger partial charge is 0.507 e. The van der Waals surface area contributed by atoms with Gasteiger partial charge in [-0.15, -0.1) is 0 Å². The van der Waals surface area contributed by atoms with Crippen molar-refractivity contribution >= 4 is 40.5 Å². The van der Waals surface area contributed by atoms with Crippen LogP contribution in [-0.4, -0.2) is 38.5 Å². The predicted molar refractivity (Wildman–Crippen MR) is 73.2 cm³/mol. The molecule has 110 valence electrons. The average molecular weight is 310 g/mol. The zero-order valence-electron chi connectivity index (χ0n) is 10.5. The molecule has 0 aliphatic carbocycles. The van der Waals surface area contributed by atoms with Crippen LogP contribution in [0.25, 0.3) is 0 Å². The molecule has 1 fully saturated rings. The number of hydrogen-bond acceptors (Lipinski definition) is 6. The zero-order chi connectivity index (χ0) is 15.6. The van der Waals surface area contributed by atoms with Gasteiger partial charge in [-0.05, 0) is 18.2 Å². The van der Waals surface area contributed by atoms with Gasteiger partial charge in [0, 0.05) is 12.1 Å². The fraction of sp³-hybridized carbons (Fsp3) is 0.167. The van der Waals surface area contributed by atoms with Crippen molar-refractivity contribution < 1.29 is 29.4 Å². The van der Waals surface area contributed by atoms with Gasteiger partial charge in [-0.3, -0.25) is 19.7 Å². The third kappa shape index (κ3) is 3.51. The van der Waals surface area contributed by atoms with E-state index in [9.17, 15) is 24.3 Å². The molecule has 0 bridgehead atoms. The van der Waals surface area contributed by atoms with E-state index in [1.54, 1.807) is 0 Å². The monoisotopic (exact) mass is 310 g/mol. The molecule has 2 rings (SSSR count). The molecule has 3 amide bonds. The second-order valence-corrected chi connectivity index (χ2v) is 5.35. The summed E-state index contributed by atoms with van der Waals surface area (Å²) in [7, 11) is 0. The predicted octanol–water partition coefficient (Wildman–Crippen LogP) is 0.771. The van der Waals surface area contributed by atoms with Gasteiger partial charge in [-0.1, -0.05) is 11.8 Å². The summed E-state index contributed by atoms with van der Waals surface area (Å²) in [5.41, 5.74) is -0.180. The highest BCUT2D eigenvalue weighted by molar-refractivity contribution is 8.15. The first-order valence-electron chi connectivity index (χ1n) is 5.74. The highest BCUT2D eigenvalue weighted by Gasteiger charge is 2.33. The molecule has 21 heavy (non-hydrogen) atoms. The SMILES string of the molecule is O=C(C[C@H]1SC(=O)NC1=O)Nc1ccc(O)c(C(=O)O)c1. The smallest absolute Gasteiger partial charge is 0.339 e. The molecule has 0 radical (unpaired) electrons. The summed E-state index contributed by atoms with van der Waals surface area (Å²) in [5.74, 6) is -2.83. The number of anilines is 1. The van der Waals surface area contributed by atoms with Gasteiger partial charge in [0.15, 0.2) is 0 Å². The zero-order valence-corrected chi connectivity index (χ0v) is 11.3. The normalized spacial score (nSPS) is 17.4. The summed E-state index contributed by atoms with van der Waals surface area (Å²) < 4.78 is 0. The van der Waals surface area contributed by atoms with Crippen molar-refractivity contribution in [2.75, 3.05) is 5.32 Å². The minimum absolute atomic E-state index is 0.171. The van der Waals surface area contributed by atoms with Crippen molar-refractivity contribution in [1.29, 1.82) is 0 Å². The molecule has 9 heteroatoms. The maximum atomic E-state index is 11.8. The van der Waals surface area contributed by atoms with Crippen molar-refractivity contribution in [2.24, 2.45) is 0 Å². The highest BCUT2D eigenvalue weighted by Crippen LogP contribution is 2.24. The van der Waals surface area contributed by atoms with E-state index in [-0.39, 0.29) is 17.7 Å². The Labute approximate surface area is 122 Å². The lowest BCUT2D eigenvalue weighted by atomic mass is 10.1. The molecular formula is C12H10N2O6S. The maximum Gasteiger partial charge on any atom is 0.339 e. The molecular weight excluding hydrogens is 300 g/mol. The van der Waals surface area contributed by atoms with Crippen molar-refractivity contribution in [2.45, 2.75) is 11.7 Å². The van der Waals surface area contributed by atoms with Gasteiger partial charge in [0.2, 0.25) is 11.8 Å². The topological polar surface area (TPSA) is 133 Å².